The Hall–Kier alpha value is -1.20. The first kappa shape index (κ1) is 17.9. The number of carbonyl (C=O) groups is 2. The summed E-state index contributed by atoms with van der Waals surface area (Å²) >= 11 is 3.36. The third-order valence-corrected chi connectivity index (χ3v) is 3.93. The van der Waals surface area contributed by atoms with Gasteiger partial charge in [0.05, 0.1) is 12.6 Å². The molecule has 0 aliphatic carbocycles. The predicted molar refractivity (Wildman–Crippen MR) is 88.5 cm³/mol. The predicted octanol–water partition coefficient (Wildman–Crippen LogP) is 2.82. The Morgan fingerprint density at radius 2 is 1.76 bits per heavy atom. The van der Waals surface area contributed by atoms with Crippen LogP contribution in [0.4, 0.5) is 0 Å². The second kappa shape index (κ2) is 8.29. The lowest BCUT2D eigenvalue weighted by molar-refractivity contribution is -0.130. The van der Waals surface area contributed by atoms with E-state index in [-0.39, 0.29) is 24.3 Å². The number of hydrogen-bond acceptors (Lipinski definition) is 3. The van der Waals surface area contributed by atoms with Crippen LogP contribution in [0.3, 0.4) is 0 Å². The quantitative estimate of drug-likeness (QED) is 0.707. The molecule has 0 radical (unpaired) electrons. The van der Waals surface area contributed by atoms with Crippen LogP contribution in [0.2, 0.25) is 0 Å². The van der Waals surface area contributed by atoms with Crippen molar-refractivity contribution in [1.82, 2.24) is 9.80 Å². The highest BCUT2D eigenvalue weighted by Crippen LogP contribution is 2.14. The SMILES string of the molecule is CCCN(CC(=O)N(C)C)C(C)C(=O)c1ccc(Br)cc1. The molecule has 1 atom stereocenters. The lowest BCUT2D eigenvalue weighted by atomic mass is 10.0. The topological polar surface area (TPSA) is 40.6 Å². The lowest BCUT2D eigenvalue weighted by Gasteiger charge is -2.28. The van der Waals surface area contributed by atoms with E-state index in [2.05, 4.69) is 15.9 Å². The van der Waals surface area contributed by atoms with Gasteiger partial charge in [0.2, 0.25) is 5.91 Å². The molecule has 0 aliphatic rings. The molecule has 4 nitrogen and oxygen atoms in total. The number of Topliss-reactive ketones (excluding diaryl/α,β-unsaturated/α-hetero) is 1. The highest BCUT2D eigenvalue weighted by molar-refractivity contribution is 9.10. The highest BCUT2D eigenvalue weighted by atomic mass is 79.9. The van der Waals surface area contributed by atoms with Crippen LogP contribution in [-0.4, -0.2) is 54.7 Å². The van der Waals surface area contributed by atoms with Crippen LogP contribution >= 0.6 is 15.9 Å². The molecule has 1 amide bonds. The molecule has 0 saturated carbocycles. The minimum absolute atomic E-state index is 0.0129. The van der Waals surface area contributed by atoms with E-state index in [0.717, 1.165) is 17.4 Å². The fraction of sp³-hybridized carbons (Fsp3) is 0.500. The molecule has 0 N–H and O–H groups in total. The monoisotopic (exact) mass is 354 g/mol. The Labute approximate surface area is 135 Å². The van der Waals surface area contributed by atoms with Gasteiger partial charge in [0.1, 0.15) is 0 Å². The van der Waals surface area contributed by atoms with E-state index in [9.17, 15) is 9.59 Å². The Morgan fingerprint density at radius 3 is 2.24 bits per heavy atom. The summed E-state index contributed by atoms with van der Waals surface area (Å²) in [5, 5.41) is 0. The number of carbonyl (C=O) groups excluding carboxylic acids is 2. The van der Waals surface area contributed by atoms with Crippen molar-refractivity contribution in [3.63, 3.8) is 0 Å². The molecular formula is C16H23BrN2O2. The molecule has 5 heteroatoms. The van der Waals surface area contributed by atoms with E-state index in [0.29, 0.717) is 5.56 Å². The van der Waals surface area contributed by atoms with Gasteiger partial charge in [-0.25, -0.2) is 0 Å². The molecule has 21 heavy (non-hydrogen) atoms. The van der Waals surface area contributed by atoms with Gasteiger partial charge in [0, 0.05) is 24.1 Å². The standard InChI is InChI=1S/C16H23BrN2O2/c1-5-10-19(11-15(20)18(3)4)12(2)16(21)13-6-8-14(17)9-7-13/h6-9,12H,5,10-11H2,1-4H3. The van der Waals surface area contributed by atoms with Gasteiger partial charge in [-0.1, -0.05) is 35.0 Å². The van der Waals surface area contributed by atoms with Crippen LogP contribution in [0.15, 0.2) is 28.7 Å². The van der Waals surface area contributed by atoms with Crippen LogP contribution in [-0.2, 0) is 4.79 Å². The molecule has 0 spiro atoms. The zero-order chi connectivity index (χ0) is 16.0. The van der Waals surface area contributed by atoms with Crippen molar-refractivity contribution in [3.8, 4) is 0 Å². The van der Waals surface area contributed by atoms with Gasteiger partial charge in [0.25, 0.3) is 0 Å². The summed E-state index contributed by atoms with van der Waals surface area (Å²) in [6.45, 7) is 4.90. The van der Waals surface area contributed by atoms with E-state index in [1.807, 2.05) is 30.9 Å². The number of amides is 1. The number of rotatable bonds is 7. The zero-order valence-electron chi connectivity index (χ0n) is 13.1. The van der Waals surface area contributed by atoms with Gasteiger partial charge in [-0.15, -0.1) is 0 Å². The van der Waals surface area contributed by atoms with E-state index < -0.39 is 0 Å². The summed E-state index contributed by atoms with van der Waals surface area (Å²) in [6, 6.07) is 7.02. The third-order valence-electron chi connectivity index (χ3n) is 3.40. The maximum absolute atomic E-state index is 12.5. The summed E-state index contributed by atoms with van der Waals surface area (Å²) in [5.41, 5.74) is 0.670. The van der Waals surface area contributed by atoms with Gasteiger partial charge < -0.3 is 4.90 Å². The molecule has 0 aliphatic heterocycles. The molecule has 0 aromatic heterocycles. The second-order valence-electron chi connectivity index (χ2n) is 5.31. The van der Waals surface area contributed by atoms with Crippen molar-refractivity contribution in [2.75, 3.05) is 27.2 Å². The normalized spacial score (nSPS) is 12.3. The Bertz CT molecular complexity index is 486. The molecule has 0 heterocycles. The Balaban J connectivity index is 2.84. The average Bonchev–Trinajstić information content (AvgIpc) is 2.45. The zero-order valence-corrected chi connectivity index (χ0v) is 14.7. The smallest absolute Gasteiger partial charge is 0.236 e. The molecule has 0 fully saturated rings. The van der Waals surface area contributed by atoms with Crippen LogP contribution in [0, 0.1) is 0 Å². The van der Waals surface area contributed by atoms with Crippen molar-refractivity contribution < 1.29 is 9.59 Å². The molecule has 0 bridgehead atoms. The van der Waals surface area contributed by atoms with Gasteiger partial charge in [-0.2, -0.15) is 0 Å². The fourth-order valence-electron chi connectivity index (χ4n) is 2.03. The van der Waals surface area contributed by atoms with Gasteiger partial charge in [-0.05, 0) is 32.0 Å². The van der Waals surface area contributed by atoms with Gasteiger partial charge >= 0.3 is 0 Å². The first-order valence-electron chi connectivity index (χ1n) is 7.10. The number of ketones is 1. The van der Waals surface area contributed by atoms with E-state index in [4.69, 9.17) is 0 Å². The number of hydrogen-bond donors (Lipinski definition) is 0. The maximum Gasteiger partial charge on any atom is 0.236 e. The third kappa shape index (κ3) is 5.25. The Morgan fingerprint density at radius 1 is 1.19 bits per heavy atom. The van der Waals surface area contributed by atoms with Crippen molar-refractivity contribution in [2.24, 2.45) is 0 Å². The van der Waals surface area contributed by atoms with Crippen molar-refractivity contribution in [1.29, 1.82) is 0 Å². The molecule has 0 saturated heterocycles. The minimum atomic E-state index is -0.310. The van der Waals surface area contributed by atoms with Gasteiger partial charge in [0.15, 0.2) is 5.78 Å². The fourth-order valence-corrected chi connectivity index (χ4v) is 2.30. The van der Waals surface area contributed by atoms with Crippen LogP contribution < -0.4 is 0 Å². The molecule has 1 rings (SSSR count). The summed E-state index contributed by atoms with van der Waals surface area (Å²) in [5.74, 6) is 0.0569. The largest absolute Gasteiger partial charge is 0.348 e. The maximum atomic E-state index is 12.5. The first-order chi connectivity index (χ1) is 9.86. The van der Waals surface area contributed by atoms with E-state index in [1.165, 1.54) is 0 Å². The second-order valence-corrected chi connectivity index (χ2v) is 6.22. The van der Waals surface area contributed by atoms with Crippen LogP contribution in [0.25, 0.3) is 0 Å². The number of benzene rings is 1. The lowest BCUT2D eigenvalue weighted by Crippen LogP contribution is -2.45. The summed E-state index contributed by atoms with van der Waals surface area (Å²) in [7, 11) is 3.46. The summed E-state index contributed by atoms with van der Waals surface area (Å²) in [4.78, 5) is 27.9. The van der Waals surface area contributed by atoms with Crippen LogP contribution in [0.5, 0.6) is 0 Å². The van der Waals surface area contributed by atoms with E-state index in [1.54, 1.807) is 31.1 Å². The summed E-state index contributed by atoms with van der Waals surface area (Å²) < 4.78 is 0.944. The summed E-state index contributed by atoms with van der Waals surface area (Å²) in [6.07, 6.45) is 0.901. The molecule has 1 aromatic carbocycles. The minimum Gasteiger partial charge on any atom is -0.348 e. The van der Waals surface area contributed by atoms with Crippen molar-refractivity contribution in [2.45, 2.75) is 26.3 Å². The van der Waals surface area contributed by atoms with Crippen LogP contribution in [0.1, 0.15) is 30.6 Å². The average molecular weight is 355 g/mol. The molecular weight excluding hydrogens is 332 g/mol. The molecule has 1 aromatic rings. The Kier molecular flexibility index (Phi) is 7.05. The number of halogens is 1. The molecule has 116 valence electrons. The van der Waals surface area contributed by atoms with Crippen molar-refractivity contribution >= 4 is 27.6 Å². The first-order valence-corrected chi connectivity index (χ1v) is 7.90. The number of likely N-dealkylation sites (N-methyl/N-ethyl adjacent to an activating group) is 1. The molecule has 1 unspecified atom stereocenters. The number of nitrogens with zero attached hydrogens (tertiary/aromatic N) is 2. The van der Waals surface area contributed by atoms with E-state index >= 15 is 0 Å². The van der Waals surface area contributed by atoms with Crippen molar-refractivity contribution in [3.05, 3.63) is 34.3 Å². The van der Waals surface area contributed by atoms with Gasteiger partial charge in [-0.3, -0.25) is 14.5 Å². The highest BCUT2D eigenvalue weighted by Gasteiger charge is 2.24.